The fourth-order valence-corrected chi connectivity index (χ4v) is 2.50. The first-order valence-corrected chi connectivity index (χ1v) is 7.31. The van der Waals surface area contributed by atoms with Crippen molar-refractivity contribution >= 4 is 34.9 Å². The van der Waals surface area contributed by atoms with Gasteiger partial charge in [0, 0.05) is 16.6 Å². The summed E-state index contributed by atoms with van der Waals surface area (Å²) < 4.78 is 0. The molecule has 0 spiro atoms. The predicted octanol–water partition coefficient (Wildman–Crippen LogP) is 2.67. The van der Waals surface area contributed by atoms with Crippen LogP contribution >= 0.6 is 23.2 Å². The van der Waals surface area contributed by atoms with Gasteiger partial charge in [-0.1, -0.05) is 48.3 Å². The van der Waals surface area contributed by atoms with Crippen molar-refractivity contribution in [1.29, 1.82) is 0 Å². The molecule has 0 fully saturated rings. The lowest BCUT2D eigenvalue weighted by Gasteiger charge is -2.18. The van der Waals surface area contributed by atoms with E-state index in [1.807, 2.05) is 19.9 Å². The van der Waals surface area contributed by atoms with Crippen molar-refractivity contribution in [3.8, 4) is 0 Å². The average Bonchev–Trinajstić information content (AvgIpc) is 2.40. The van der Waals surface area contributed by atoms with E-state index in [1.54, 1.807) is 12.1 Å². The summed E-state index contributed by atoms with van der Waals surface area (Å²) >= 11 is 11.9. The third kappa shape index (κ3) is 5.10. The summed E-state index contributed by atoms with van der Waals surface area (Å²) in [4.78, 5) is 12.1. The lowest BCUT2D eigenvalue weighted by atomic mass is 9.94. The first-order valence-electron chi connectivity index (χ1n) is 6.55. The molecule has 1 rings (SSSR count). The minimum absolute atomic E-state index is 0.0694. The molecule has 0 bridgehead atoms. The van der Waals surface area contributed by atoms with Gasteiger partial charge in [-0.05, 0) is 30.0 Å². The molecule has 0 saturated heterocycles. The SMILES string of the molecule is CC(C)C(C(=O)NCCc1ccc(Cl)cc1Cl)C(N)=NO. The molecule has 116 valence electrons. The monoisotopic (exact) mass is 331 g/mol. The lowest BCUT2D eigenvalue weighted by molar-refractivity contribution is -0.124. The Labute approximate surface area is 134 Å². The van der Waals surface area contributed by atoms with Crippen molar-refractivity contribution in [1.82, 2.24) is 5.32 Å². The number of nitrogens with two attached hydrogens (primary N) is 1. The molecule has 21 heavy (non-hydrogen) atoms. The number of nitrogens with one attached hydrogen (secondary N) is 1. The maximum absolute atomic E-state index is 12.1. The van der Waals surface area contributed by atoms with Gasteiger partial charge in [-0.15, -0.1) is 0 Å². The Morgan fingerprint density at radius 3 is 2.62 bits per heavy atom. The fourth-order valence-electron chi connectivity index (χ4n) is 2.00. The molecular weight excluding hydrogens is 313 g/mol. The van der Waals surface area contributed by atoms with Crippen LogP contribution in [0.15, 0.2) is 23.4 Å². The van der Waals surface area contributed by atoms with E-state index in [4.69, 9.17) is 34.1 Å². The lowest BCUT2D eigenvalue weighted by Crippen LogP contribution is -2.42. The van der Waals surface area contributed by atoms with E-state index in [-0.39, 0.29) is 17.7 Å². The van der Waals surface area contributed by atoms with Crippen LogP contribution in [0.1, 0.15) is 19.4 Å². The largest absolute Gasteiger partial charge is 0.409 e. The van der Waals surface area contributed by atoms with Gasteiger partial charge in [0.25, 0.3) is 0 Å². The Bertz CT molecular complexity index is 533. The molecule has 0 saturated carbocycles. The average molecular weight is 332 g/mol. The second kappa shape index (κ2) is 8.10. The Balaban J connectivity index is 2.60. The Morgan fingerprint density at radius 1 is 1.43 bits per heavy atom. The number of halogens is 2. The molecule has 7 heteroatoms. The number of rotatable bonds is 6. The normalized spacial score (nSPS) is 13.3. The number of nitrogens with zero attached hydrogens (tertiary/aromatic N) is 1. The minimum Gasteiger partial charge on any atom is -0.409 e. The van der Waals surface area contributed by atoms with Crippen molar-refractivity contribution in [3.05, 3.63) is 33.8 Å². The second-order valence-electron chi connectivity index (χ2n) is 5.02. The molecule has 1 aromatic carbocycles. The van der Waals surface area contributed by atoms with Crippen LogP contribution in [0.25, 0.3) is 0 Å². The molecule has 5 nitrogen and oxygen atoms in total. The molecule has 1 atom stereocenters. The summed E-state index contributed by atoms with van der Waals surface area (Å²) in [5.41, 5.74) is 6.44. The fraction of sp³-hybridized carbons (Fsp3) is 0.429. The minimum atomic E-state index is -0.657. The van der Waals surface area contributed by atoms with Gasteiger partial charge in [0.1, 0.15) is 5.92 Å². The van der Waals surface area contributed by atoms with Crippen LogP contribution in [-0.2, 0) is 11.2 Å². The number of amides is 1. The molecule has 0 radical (unpaired) electrons. The van der Waals surface area contributed by atoms with E-state index in [2.05, 4.69) is 10.5 Å². The highest BCUT2D eigenvalue weighted by Crippen LogP contribution is 2.21. The molecular formula is C14H19Cl2N3O2. The Hall–Kier alpha value is -1.46. The number of hydrogen-bond acceptors (Lipinski definition) is 3. The molecule has 0 heterocycles. The molecule has 0 aliphatic carbocycles. The van der Waals surface area contributed by atoms with Crippen LogP contribution in [0.2, 0.25) is 10.0 Å². The van der Waals surface area contributed by atoms with Gasteiger partial charge in [-0.3, -0.25) is 4.79 Å². The molecule has 0 aliphatic rings. The molecule has 1 amide bonds. The van der Waals surface area contributed by atoms with Crippen molar-refractivity contribution in [2.75, 3.05) is 6.54 Å². The number of carbonyl (C=O) groups excluding carboxylic acids is 1. The summed E-state index contributed by atoms with van der Waals surface area (Å²) in [6.07, 6.45) is 0.572. The zero-order valence-corrected chi connectivity index (χ0v) is 13.4. The highest BCUT2D eigenvalue weighted by molar-refractivity contribution is 6.35. The van der Waals surface area contributed by atoms with Crippen molar-refractivity contribution < 1.29 is 10.0 Å². The summed E-state index contributed by atoms with van der Waals surface area (Å²) in [5.74, 6) is -1.09. The molecule has 1 aromatic rings. The summed E-state index contributed by atoms with van der Waals surface area (Å²) in [6.45, 7) is 4.07. The summed E-state index contributed by atoms with van der Waals surface area (Å²) in [7, 11) is 0. The standard InChI is InChI=1S/C14H19Cl2N3O2/c1-8(2)12(13(17)19-21)14(20)18-6-5-9-3-4-10(15)7-11(9)16/h3-4,7-8,12,21H,5-6H2,1-2H3,(H2,17,19)(H,18,20). The van der Waals surface area contributed by atoms with Crippen LogP contribution in [0, 0.1) is 11.8 Å². The van der Waals surface area contributed by atoms with Crippen molar-refractivity contribution in [3.63, 3.8) is 0 Å². The van der Waals surface area contributed by atoms with Crippen LogP contribution in [0.3, 0.4) is 0 Å². The highest BCUT2D eigenvalue weighted by atomic mass is 35.5. The van der Waals surface area contributed by atoms with E-state index in [0.717, 1.165) is 5.56 Å². The van der Waals surface area contributed by atoms with Gasteiger partial charge in [0.05, 0.1) is 0 Å². The quantitative estimate of drug-likeness (QED) is 0.324. The number of hydrogen-bond donors (Lipinski definition) is 3. The van der Waals surface area contributed by atoms with Gasteiger partial charge in [0.2, 0.25) is 5.91 Å². The van der Waals surface area contributed by atoms with E-state index < -0.39 is 5.92 Å². The highest BCUT2D eigenvalue weighted by Gasteiger charge is 2.26. The Morgan fingerprint density at radius 2 is 2.10 bits per heavy atom. The van der Waals surface area contributed by atoms with Gasteiger partial charge in [-0.25, -0.2) is 0 Å². The first kappa shape index (κ1) is 17.6. The molecule has 0 aromatic heterocycles. The number of oxime groups is 1. The van der Waals surface area contributed by atoms with E-state index >= 15 is 0 Å². The van der Waals surface area contributed by atoms with E-state index in [1.165, 1.54) is 0 Å². The van der Waals surface area contributed by atoms with Gasteiger partial charge in [0.15, 0.2) is 5.84 Å². The van der Waals surface area contributed by atoms with Gasteiger partial charge >= 0.3 is 0 Å². The zero-order chi connectivity index (χ0) is 16.0. The Kier molecular flexibility index (Phi) is 6.78. The molecule has 0 aliphatic heterocycles. The number of amidine groups is 1. The van der Waals surface area contributed by atoms with Crippen molar-refractivity contribution in [2.45, 2.75) is 20.3 Å². The van der Waals surface area contributed by atoms with E-state index in [9.17, 15) is 4.79 Å². The van der Waals surface area contributed by atoms with Gasteiger partial charge < -0.3 is 16.3 Å². The predicted molar refractivity (Wildman–Crippen MR) is 84.9 cm³/mol. The first-order chi connectivity index (χ1) is 9.86. The van der Waals surface area contributed by atoms with Crippen LogP contribution < -0.4 is 11.1 Å². The third-order valence-corrected chi connectivity index (χ3v) is 3.68. The maximum Gasteiger partial charge on any atom is 0.231 e. The zero-order valence-electron chi connectivity index (χ0n) is 11.9. The van der Waals surface area contributed by atoms with Crippen LogP contribution in [0.5, 0.6) is 0 Å². The molecule has 1 unspecified atom stereocenters. The van der Waals surface area contributed by atoms with Gasteiger partial charge in [-0.2, -0.15) is 0 Å². The topological polar surface area (TPSA) is 87.7 Å². The number of carbonyl (C=O) groups is 1. The maximum atomic E-state index is 12.1. The second-order valence-corrected chi connectivity index (χ2v) is 5.87. The van der Waals surface area contributed by atoms with Crippen molar-refractivity contribution in [2.24, 2.45) is 22.7 Å². The summed E-state index contributed by atoms with van der Waals surface area (Å²) in [6, 6.07) is 5.23. The smallest absolute Gasteiger partial charge is 0.231 e. The number of benzene rings is 1. The molecule has 4 N–H and O–H groups in total. The van der Waals surface area contributed by atoms with E-state index in [0.29, 0.717) is 23.0 Å². The summed E-state index contributed by atoms with van der Waals surface area (Å²) in [5, 5.41) is 15.5. The van der Waals surface area contributed by atoms with Crippen LogP contribution in [-0.4, -0.2) is 23.5 Å². The van der Waals surface area contributed by atoms with Crippen LogP contribution in [0.4, 0.5) is 0 Å². The third-order valence-electron chi connectivity index (χ3n) is 3.09.